The van der Waals surface area contributed by atoms with Crippen molar-refractivity contribution >= 4 is 17.9 Å². The van der Waals surface area contributed by atoms with Crippen molar-refractivity contribution in [2.45, 2.75) is 239 Å². The lowest BCUT2D eigenvalue weighted by Crippen LogP contribution is -2.30. The van der Waals surface area contributed by atoms with E-state index in [-0.39, 0.29) is 31.1 Å². The molecule has 0 saturated heterocycles. The molecule has 0 saturated carbocycles. The number of carbonyl (C=O) groups is 3. The van der Waals surface area contributed by atoms with E-state index in [0.717, 1.165) is 122 Å². The maximum absolute atomic E-state index is 12.8. The van der Waals surface area contributed by atoms with E-state index in [0.29, 0.717) is 19.3 Å². The van der Waals surface area contributed by atoms with Crippen LogP contribution in [0.5, 0.6) is 0 Å². The van der Waals surface area contributed by atoms with Crippen LogP contribution in [-0.4, -0.2) is 37.2 Å². The van der Waals surface area contributed by atoms with Crippen LogP contribution in [-0.2, 0) is 28.6 Å². The second-order valence-corrected chi connectivity index (χ2v) is 16.3. The lowest BCUT2D eigenvalue weighted by Gasteiger charge is -2.18. The summed E-state index contributed by atoms with van der Waals surface area (Å²) >= 11 is 0. The van der Waals surface area contributed by atoms with Crippen molar-refractivity contribution in [1.82, 2.24) is 0 Å². The van der Waals surface area contributed by atoms with Crippen LogP contribution in [0.2, 0.25) is 0 Å². The van der Waals surface area contributed by atoms with Crippen LogP contribution in [0.25, 0.3) is 0 Å². The van der Waals surface area contributed by atoms with E-state index in [1.807, 2.05) is 0 Å². The second-order valence-electron chi connectivity index (χ2n) is 16.3. The molecule has 0 radical (unpaired) electrons. The third kappa shape index (κ3) is 45.9. The lowest BCUT2D eigenvalue weighted by atomic mass is 10.1. The summed E-state index contributed by atoms with van der Waals surface area (Å²) in [5, 5.41) is 0. The Morgan fingerprint density at radius 1 is 0.350 bits per heavy atom. The molecule has 6 heteroatoms. The van der Waals surface area contributed by atoms with E-state index in [4.69, 9.17) is 14.2 Å². The highest BCUT2D eigenvalue weighted by Gasteiger charge is 2.19. The molecule has 6 nitrogen and oxygen atoms in total. The van der Waals surface area contributed by atoms with Crippen molar-refractivity contribution in [1.29, 1.82) is 0 Å². The maximum Gasteiger partial charge on any atom is 0.306 e. The number of hydrogen-bond acceptors (Lipinski definition) is 6. The molecule has 0 rings (SSSR count). The van der Waals surface area contributed by atoms with Gasteiger partial charge in [0, 0.05) is 19.3 Å². The summed E-state index contributed by atoms with van der Waals surface area (Å²) in [5.41, 5.74) is 0. The van der Waals surface area contributed by atoms with Crippen LogP contribution in [0.15, 0.2) is 72.9 Å². The molecule has 1 atom stereocenters. The highest BCUT2D eigenvalue weighted by Crippen LogP contribution is 2.13. The minimum Gasteiger partial charge on any atom is -0.462 e. The summed E-state index contributed by atoms with van der Waals surface area (Å²) in [6.07, 6.45) is 60.3. The fraction of sp³-hybridized carbons (Fsp3) is 0.722. The van der Waals surface area contributed by atoms with Crippen LogP contribution in [0.3, 0.4) is 0 Å². The van der Waals surface area contributed by atoms with Crippen molar-refractivity contribution < 1.29 is 28.6 Å². The van der Waals surface area contributed by atoms with E-state index in [1.54, 1.807) is 0 Å². The zero-order valence-corrected chi connectivity index (χ0v) is 39.2. The third-order valence-electron chi connectivity index (χ3n) is 10.4. The van der Waals surface area contributed by atoms with Crippen LogP contribution in [0.4, 0.5) is 0 Å². The first-order valence-electron chi connectivity index (χ1n) is 24.9. The average molecular weight is 837 g/mol. The Bertz CT molecular complexity index is 1140. The Morgan fingerprint density at radius 3 is 1.10 bits per heavy atom. The molecule has 0 spiro atoms. The van der Waals surface area contributed by atoms with Gasteiger partial charge >= 0.3 is 17.9 Å². The molecule has 0 aromatic carbocycles. The average Bonchev–Trinajstić information content (AvgIpc) is 3.24. The molecular formula is C54H92O6. The lowest BCUT2D eigenvalue weighted by molar-refractivity contribution is -0.167. The molecular weight excluding hydrogens is 745 g/mol. The minimum atomic E-state index is -0.795. The maximum atomic E-state index is 12.8. The van der Waals surface area contributed by atoms with Gasteiger partial charge in [-0.1, -0.05) is 184 Å². The summed E-state index contributed by atoms with van der Waals surface area (Å²) in [5.74, 6) is -0.950. The van der Waals surface area contributed by atoms with Gasteiger partial charge in [-0.05, 0) is 103 Å². The molecule has 0 N–H and O–H groups in total. The molecule has 0 bridgehead atoms. The van der Waals surface area contributed by atoms with Crippen LogP contribution in [0, 0.1) is 0 Å². The van der Waals surface area contributed by atoms with E-state index in [9.17, 15) is 14.4 Å². The number of rotatable bonds is 44. The molecule has 344 valence electrons. The fourth-order valence-corrected chi connectivity index (χ4v) is 6.64. The van der Waals surface area contributed by atoms with Gasteiger partial charge in [0.1, 0.15) is 13.2 Å². The van der Waals surface area contributed by atoms with Crippen LogP contribution in [0.1, 0.15) is 233 Å². The van der Waals surface area contributed by atoms with Crippen molar-refractivity contribution in [3.8, 4) is 0 Å². The number of hydrogen-bond donors (Lipinski definition) is 0. The zero-order valence-electron chi connectivity index (χ0n) is 39.2. The Morgan fingerprint density at radius 2 is 0.667 bits per heavy atom. The van der Waals surface area contributed by atoms with Gasteiger partial charge in [-0.2, -0.15) is 0 Å². The first kappa shape index (κ1) is 56.9. The van der Waals surface area contributed by atoms with Crippen molar-refractivity contribution in [2.24, 2.45) is 0 Å². The standard InChI is InChI=1S/C54H92O6/c1-4-7-10-13-16-19-22-24-26-28-30-32-35-38-41-44-47-53(56)59-50-51(49-58-52(55)46-43-40-37-34-21-18-15-12-9-6-3)60-54(57)48-45-42-39-36-33-31-29-27-25-23-20-17-14-11-8-5-2/h7,10,15-16,18-19,24,26-27,29-30,32,51H,4-6,8-9,11-14,17,20-23,25,28,31,33-50H2,1-3H3/b10-7-,18-15-,19-16-,26-24-,29-27-,32-30-. The van der Waals surface area contributed by atoms with Gasteiger partial charge in [-0.25, -0.2) is 0 Å². The quantitative estimate of drug-likeness (QED) is 0.0263. The Hall–Kier alpha value is -3.15. The van der Waals surface area contributed by atoms with Gasteiger partial charge in [0.25, 0.3) is 0 Å². The van der Waals surface area contributed by atoms with Gasteiger partial charge in [-0.15, -0.1) is 0 Å². The molecule has 0 aromatic rings. The topological polar surface area (TPSA) is 78.9 Å². The normalized spacial score (nSPS) is 12.7. The Balaban J connectivity index is 4.44. The smallest absolute Gasteiger partial charge is 0.306 e. The number of unbranched alkanes of at least 4 members (excludes halogenated alkanes) is 21. The van der Waals surface area contributed by atoms with Gasteiger partial charge < -0.3 is 14.2 Å². The number of carbonyl (C=O) groups excluding carboxylic acids is 3. The summed E-state index contributed by atoms with van der Waals surface area (Å²) in [7, 11) is 0. The molecule has 1 unspecified atom stereocenters. The molecule has 60 heavy (non-hydrogen) atoms. The van der Waals surface area contributed by atoms with Gasteiger partial charge in [0.2, 0.25) is 0 Å². The minimum absolute atomic E-state index is 0.0955. The molecule has 0 amide bonds. The van der Waals surface area contributed by atoms with Crippen LogP contribution >= 0.6 is 0 Å². The molecule has 0 aliphatic heterocycles. The van der Waals surface area contributed by atoms with Crippen molar-refractivity contribution in [2.75, 3.05) is 13.2 Å². The molecule has 0 heterocycles. The molecule has 0 aromatic heterocycles. The molecule has 0 aliphatic rings. The predicted octanol–water partition coefficient (Wildman–Crippen LogP) is 16.3. The second kappa shape index (κ2) is 48.5. The SMILES string of the molecule is CC/C=C\C/C=C\C/C=C\C/C=C\CCCCCC(=O)OCC(COC(=O)CCCCCC/C=C\CCCC)OC(=O)CCCCCCC/C=C\CCCCCCCCC. The summed E-state index contributed by atoms with van der Waals surface area (Å²) in [6.45, 7) is 6.43. The van der Waals surface area contributed by atoms with Gasteiger partial charge in [0.05, 0.1) is 0 Å². The number of esters is 3. The predicted molar refractivity (Wildman–Crippen MR) is 256 cm³/mol. The third-order valence-corrected chi connectivity index (χ3v) is 10.4. The first-order valence-corrected chi connectivity index (χ1v) is 24.9. The Labute approximate surface area is 370 Å². The number of allylic oxidation sites excluding steroid dienone is 12. The molecule has 0 aliphatic carbocycles. The van der Waals surface area contributed by atoms with Gasteiger partial charge in [0.15, 0.2) is 6.10 Å². The largest absolute Gasteiger partial charge is 0.462 e. The highest BCUT2D eigenvalue weighted by molar-refractivity contribution is 5.71. The first-order chi connectivity index (χ1) is 29.5. The van der Waals surface area contributed by atoms with E-state index >= 15 is 0 Å². The molecule has 0 fully saturated rings. The van der Waals surface area contributed by atoms with Crippen LogP contribution < -0.4 is 0 Å². The number of ether oxygens (including phenoxy) is 3. The van der Waals surface area contributed by atoms with E-state index in [1.165, 1.54) is 70.6 Å². The fourth-order valence-electron chi connectivity index (χ4n) is 6.64. The van der Waals surface area contributed by atoms with E-state index in [2.05, 4.69) is 93.7 Å². The summed E-state index contributed by atoms with van der Waals surface area (Å²) in [6, 6.07) is 0. The zero-order chi connectivity index (χ0) is 43.7. The highest BCUT2D eigenvalue weighted by atomic mass is 16.6. The summed E-state index contributed by atoms with van der Waals surface area (Å²) < 4.78 is 16.7. The monoisotopic (exact) mass is 837 g/mol. The Kier molecular flexibility index (Phi) is 46.0. The van der Waals surface area contributed by atoms with Crippen molar-refractivity contribution in [3.05, 3.63) is 72.9 Å². The van der Waals surface area contributed by atoms with E-state index < -0.39 is 6.10 Å². The van der Waals surface area contributed by atoms with Crippen molar-refractivity contribution in [3.63, 3.8) is 0 Å². The van der Waals surface area contributed by atoms with Gasteiger partial charge in [-0.3, -0.25) is 14.4 Å². The summed E-state index contributed by atoms with van der Waals surface area (Å²) in [4.78, 5) is 37.9.